The zero-order chi connectivity index (χ0) is 20.7. The van der Waals surface area contributed by atoms with Crippen molar-refractivity contribution in [2.45, 2.75) is 111 Å². The predicted octanol–water partition coefficient (Wildman–Crippen LogP) is 9.35. The van der Waals surface area contributed by atoms with E-state index in [4.69, 9.17) is 0 Å². The van der Waals surface area contributed by atoms with Crippen molar-refractivity contribution in [2.75, 3.05) is 0 Å². The molecule has 0 aromatic heterocycles. The third-order valence-corrected chi connectivity index (χ3v) is 8.17. The Morgan fingerprint density at radius 2 is 1.86 bits per heavy atom. The molecule has 1 saturated carbocycles. The van der Waals surface area contributed by atoms with Crippen molar-refractivity contribution < 1.29 is 0 Å². The lowest BCUT2D eigenvalue weighted by atomic mass is 9.67. The van der Waals surface area contributed by atoms with Crippen molar-refractivity contribution in [3.63, 3.8) is 0 Å². The summed E-state index contributed by atoms with van der Waals surface area (Å²) in [5.74, 6) is 2.40. The van der Waals surface area contributed by atoms with Gasteiger partial charge < -0.3 is 0 Å². The van der Waals surface area contributed by atoms with Crippen LogP contribution in [0.4, 0.5) is 0 Å². The molecule has 0 heterocycles. The zero-order valence-corrected chi connectivity index (χ0v) is 19.8. The molecule has 29 heavy (non-hydrogen) atoms. The number of hydrogen-bond acceptors (Lipinski definition) is 0. The largest absolute Gasteiger partial charge is 0.0773 e. The van der Waals surface area contributed by atoms with Crippen LogP contribution in [0.25, 0.3) is 0 Å². The summed E-state index contributed by atoms with van der Waals surface area (Å²) in [5.41, 5.74) is 5.32. The molecule has 1 unspecified atom stereocenters. The lowest BCUT2D eigenvalue weighted by Crippen LogP contribution is -2.25. The molecule has 0 spiro atoms. The van der Waals surface area contributed by atoms with Crippen LogP contribution in [0.3, 0.4) is 0 Å². The third-order valence-electron chi connectivity index (χ3n) is 8.17. The lowest BCUT2D eigenvalue weighted by Gasteiger charge is -2.38. The Labute approximate surface area is 181 Å². The fraction of sp³-hybridized carbons (Fsp3) is 0.724. The van der Waals surface area contributed by atoms with Crippen LogP contribution in [0, 0.1) is 23.2 Å². The van der Waals surface area contributed by atoms with Crippen molar-refractivity contribution in [3.05, 3.63) is 47.1 Å². The molecular formula is C29H46. The zero-order valence-electron chi connectivity index (χ0n) is 19.8. The van der Waals surface area contributed by atoms with Gasteiger partial charge in [-0.1, -0.05) is 95.8 Å². The van der Waals surface area contributed by atoms with E-state index in [0.29, 0.717) is 11.3 Å². The smallest absolute Gasteiger partial charge is 0.00695 e. The van der Waals surface area contributed by atoms with Crippen LogP contribution >= 0.6 is 0 Å². The lowest BCUT2D eigenvalue weighted by molar-refractivity contribution is 0.143. The van der Waals surface area contributed by atoms with Gasteiger partial charge in [-0.15, -0.1) is 0 Å². The molecule has 0 amide bonds. The molecule has 0 nitrogen and oxygen atoms in total. The van der Waals surface area contributed by atoms with E-state index in [1.54, 1.807) is 11.1 Å². The monoisotopic (exact) mass is 394 g/mol. The van der Waals surface area contributed by atoms with Crippen molar-refractivity contribution >= 4 is 0 Å². The molecule has 162 valence electrons. The quantitative estimate of drug-likeness (QED) is 0.324. The van der Waals surface area contributed by atoms with Gasteiger partial charge in [-0.3, -0.25) is 0 Å². The van der Waals surface area contributed by atoms with Gasteiger partial charge in [0.2, 0.25) is 0 Å². The van der Waals surface area contributed by atoms with Crippen molar-refractivity contribution in [2.24, 2.45) is 23.2 Å². The Morgan fingerprint density at radius 3 is 2.48 bits per heavy atom. The van der Waals surface area contributed by atoms with Crippen LogP contribution in [0.5, 0.6) is 0 Å². The van der Waals surface area contributed by atoms with Crippen LogP contribution in [0.2, 0.25) is 0 Å². The summed E-state index contributed by atoms with van der Waals surface area (Å²) in [6.45, 7) is 9.65. The van der Waals surface area contributed by atoms with Gasteiger partial charge in [0.1, 0.15) is 0 Å². The highest BCUT2D eigenvalue weighted by molar-refractivity contribution is 5.47. The minimum Gasteiger partial charge on any atom is -0.0773 e. The SMILES string of the molecule is CCCCCCC1CCC(C)(CC[C@@H](C)C2=CC=C(C3=CC(C)C=C3)CC2)CC1. The molecule has 1 fully saturated rings. The van der Waals surface area contributed by atoms with E-state index in [1.165, 1.54) is 89.0 Å². The first-order valence-corrected chi connectivity index (χ1v) is 12.8. The van der Waals surface area contributed by atoms with Crippen LogP contribution in [-0.4, -0.2) is 0 Å². The van der Waals surface area contributed by atoms with Gasteiger partial charge in [0.25, 0.3) is 0 Å². The highest BCUT2D eigenvalue weighted by atomic mass is 14.4. The summed E-state index contributed by atoms with van der Waals surface area (Å²) in [4.78, 5) is 0. The van der Waals surface area contributed by atoms with Crippen molar-refractivity contribution in [1.82, 2.24) is 0 Å². The number of rotatable bonds is 10. The van der Waals surface area contributed by atoms with E-state index >= 15 is 0 Å². The highest BCUT2D eigenvalue weighted by Gasteiger charge is 2.31. The summed E-state index contributed by atoms with van der Waals surface area (Å²) < 4.78 is 0. The molecular weight excluding hydrogens is 348 g/mol. The summed E-state index contributed by atoms with van der Waals surface area (Å²) in [6, 6.07) is 0. The van der Waals surface area contributed by atoms with E-state index in [1.807, 2.05) is 0 Å². The summed E-state index contributed by atoms with van der Waals surface area (Å²) in [5, 5.41) is 0. The maximum atomic E-state index is 2.58. The Hall–Kier alpha value is -1.04. The molecule has 0 bridgehead atoms. The molecule has 0 heteroatoms. The second-order valence-electron chi connectivity index (χ2n) is 10.8. The molecule has 0 N–H and O–H groups in total. The van der Waals surface area contributed by atoms with Gasteiger partial charge in [0, 0.05) is 0 Å². The van der Waals surface area contributed by atoms with Crippen LogP contribution in [-0.2, 0) is 0 Å². The minimum atomic E-state index is 0.611. The fourth-order valence-corrected chi connectivity index (χ4v) is 5.69. The third kappa shape index (κ3) is 6.73. The summed E-state index contributed by atoms with van der Waals surface area (Å²) in [6.07, 6.45) is 30.4. The van der Waals surface area contributed by atoms with Gasteiger partial charge in [0.05, 0.1) is 0 Å². The predicted molar refractivity (Wildman–Crippen MR) is 129 cm³/mol. The van der Waals surface area contributed by atoms with Gasteiger partial charge in [0.15, 0.2) is 0 Å². The number of hydrogen-bond donors (Lipinski definition) is 0. The molecule has 0 saturated heterocycles. The topological polar surface area (TPSA) is 0 Å². The molecule has 0 aliphatic heterocycles. The molecule has 0 aromatic carbocycles. The van der Waals surface area contributed by atoms with E-state index in [0.717, 1.165) is 11.8 Å². The van der Waals surface area contributed by atoms with Crippen molar-refractivity contribution in [3.8, 4) is 0 Å². The fourth-order valence-electron chi connectivity index (χ4n) is 5.69. The second kappa shape index (κ2) is 10.8. The molecule has 0 radical (unpaired) electrons. The van der Waals surface area contributed by atoms with Gasteiger partial charge in [-0.2, -0.15) is 0 Å². The average molecular weight is 395 g/mol. The first-order chi connectivity index (χ1) is 14.0. The molecule has 3 rings (SSSR count). The number of allylic oxidation sites excluding steroid dienone is 8. The molecule has 3 aliphatic rings. The summed E-state index contributed by atoms with van der Waals surface area (Å²) in [7, 11) is 0. The van der Waals surface area contributed by atoms with Crippen LogP contribution in [0.15, 0.2) is 47.1 Å². The van der Waals surface area contributed by atoms with Gasteiger partial charge >= 0.3 is 0 Å². The van der Waals surface area contributed by atoms with E-state index in [2.05, 4.69) is 58.1 Å². The van der Waals surface area contributed by atoms with Gasteiger partial charge in [-0.25, -0.2) is 0 Å². The first kappa shape index (κ1) is 22.6. The standard InChI is InChI=1S/C29H46/c1-5-6-7-8-9-25-17-20-29(4,21-18-25)19-16-24(3)26-12-14-27(15-13-26)28-11-10-23(2)22-28/h10-12,14,22-25H,5-9,13,15-21H2,1-4H3/t23?,24-,25?,29?/m1/s1. The maximum Gasteiger partial charge on any atom is -0.00695 e. The Kier molecular flexibility index (Phi) is 8.45. The Balaban J connectivity index is 1.41. The second-order valence-corrected chi connectivity index (χ2v) is 10.8. The van der Waals surface area contributed by atoms with Crippen molar-refractivity contribution in [1.29, 1.82) is 0 Å². The Morgan fingerprint density at radius 1 is 1.07 bits per heavy atom. The minimum absolute atomic E-state index is 0.611. The molecule has 2 atom stereocenters. The number of unbranched alkanes of at least 4 members (excludes halogenated alkanes) is 3. The summed E-state index contributed by atoms with van der Waals surface area (Å²) >= 11 is 0. The van der Waals surface area contributed by atoms with E-state index in [-0.39, 0.29) is 0 Å². The first-order valence-electron chi connectivity index (χ1n) is 12.8. The van der Waals surface area contributed by atoms with Gasteiger partial charge in [-0.05, 0) is 85.7 Å². The van der Waals surface area contributed by atoms with E-state index in [9.17, 15) is 0 Å². The van der Waals surface area contributed by atoms with E-state index < -0.39 is 0 Å². The van der Waals surface area contributed by atoms with Crippen LogP contribution < -0.4 is 0 Å². The normalized spacial score (nSPS) is 30.7. The Bertz CT molecular complexity index is 633. The highest BCUT2D eigenvalue weighted by Crippen LogP contribution is 2.45. The molecule has 0 aromatic rings. The maximum absolute atomic E-state index is 2.58. The van der Waals surface area contributed by atoms with Crippen LogP contribution in [0.1, 0.15) is 111 Å². The molecule has 3 aliphatic carbocycles. The average Bonchev–Trinajstić information content (AvgIpc) is 3.17.